The number of fused-ring (bicyclic) bond motifs is 1. The number of aromatic nitrogens is 1. The Balaban J connectivity index is 1.36. The van der Waals surface area contributed by atoms with Crippen molar-refractivity contribution in [2.24, 2.45) is 0 Å². The number of furan rings is 1. The van der Waals surface area contributed by atoms with E-state index in [2.05, 4.69) is 17.1 Å². The van der Waals surface area contributed by atoms with E-state index in [1.54, 1.807) is 40.7 Å². The van der Waals surface area contributed by atoms with Crippen LogP contribution in [0.3, 0.4) is 0 Å². The third-order valence-corrected chi connectivity index (χ3v) is 7.00. The van der Waals surface area contributed by atoms with Gasteiger partial charge in [-0.05, 0) is 35.7 Å². The van der Waals surface area contributed by atoms with Gasteiger partial charge in [0.15, 0.2) is 0 Å². The normalized spacial score (nSPS) is 11.1. The first kappa shape index (κ1) is 18.3. The van der Waals surface area contributed by atoms with E-state index in [1.807, 2.05) is 46.7 Å². The number of thiophene rings is 1. The first-order chi connectivity index (χ1) is 13.3. The fourth-order valence-electron chi connectivity index (χ4n) is 2.71. The average Bonchev–Trinajstić information content (AvgIpc) is 3.42. The van der Waals surface area contributed by atoms with Gasteiger partial charge in [0.05, 0.1) is 35.3 Å². The van der Waals surface area contributed by atoms with Gasteiger partial charge in [-0.1, -0.05) is 18.2 Å². The lowest BCUT2D eigenvalue weighted by Gasteiger charge is -2.21. The van der Waals surface area contributed by atoms with Gasteiger partial charge < -0.3 is 9.32 Å². The zero-order chi connectivity index (χ0) is 18.5. The van der Waals surface area contributed by atoms with Gasteiger partial charge in [0, 0.05) is 10.6 Å². The van der Waals surface area contributed by atoms with Crippen molar-refractivity contribution >= 4 is 50.6 Å². The molecule has 4 rings (SSSR count). The number of nitrogens with zero attached hydrogens (tertiary/aromatic N) is 2. The molecule has 1 amide bonds. The van der Waals surface area contributed by atoms with Crippen molar-refractivity contribution in [1.29, 1.82) is 0 Å². The molecule has 27 heavy (non-hydrogen) atoms. The van der Waals surface area contributed by atoms with Crippen LogP contribution in [-0.4, -0.2) is 21.5 Å². The standard InChI is InChI=1S/C20H18N2O2S3/c23-20(14-25-13-19-21-17-7-1-2-8-18(17)27-19)22(11-15-5-3-9-24-15)12-16-6-4-10-26-16/h1-10H,11-14H2. The van der Waals surface area contributed by atoms with E-state index in [9.17, 15) is 4.79 Å². The maximum Gasteiger partial charge on any atom is 0.233 e. The Labute approximate surface area is 169 Å². The Morgan fingerprint density at radius 1 is 1.11 bits per heavy atom. The van der Waals surface area contributed by atoms with Gasteiger partial charge in [0.2, 0.25) is 5.91 Å². The molecule has 1 aromatic carbocycles. The fraction of sp³-hybridized carbons (Fsp3) is 0.200. The molecule has 0 aliphatic rings. The van der Waals surface area contributed by atoms with Gasteiger partial charge in [-0.3, -0.25) is 4.79 Å². The number of amides is 1. The van der Waals surface area contributed by atoms with E-state index in [-0.39, 0.29) is 5.91 Å². The van der Waals surface area contributed by atoms with Gasteiger partial charge in [-0.15, -0.1) is 34.4 Å². The first-order valence-electron chi connectivity index (χ1n) is 8.52. The van der Waals surface area contributed by atoms with Crippen LogP contribution in [0, 0.1) is 0 Å². The van der Waals surface area contributed by atoms with Crippen molar-refractivity contribution in [3.8, 4) is 0 Å². The topological polar surface area (TPSA) is 46.3 Å². The van der Waals surface area contributed by atoms with E-state index in [0.717, 1.165) is 22.0 Å². The molecule has 0 bridgehead atoms. The number of hydrogen-bond acceptors (Lipinski definition) is 6. The SMILES string of the molecule is O=C(CSCc1nc2ccccc2s1)N(Cc1ccco1)Cc1cccs1. The van der Waals surface area contributed by atoms with Crippen LogP contribution in [0.5, 0.6) is 0 Å². The van der Waals surface area contributed by atoms with Gasteiger partial charge in [0.25, 0.3) is 0 Å². The molecule has 0 fully saturated rings. The zero-order valence-electron chi connectivity index (χ0n) is 14.5. The Kier molecular flexibility index (Phi) is 5.91. The quantitative estimate of drug-likeness (QED) is 0.387. The number of carbonyl (C=O) groups is 1. The summed E-state index contributed by atoms with van der Waals surface area (Å²) in [7, 11) is 0. The summed E-state index contributed by atoms with van der Waals surface area (Å²) in [6, 6.07) is 16.0. The zero-order valence-corrected chi connectivity index (χ0v) is 17.0. The molecule has 4 aromatic rings. The Morgan fingerprint density at radius 3 is 2.81 bits per heavy atom. The summed E-state index contributed by atoms with van der Waals surface area (Å²) in [6.45, 7) is 1.10. The predicted molar refractivity (Wildman–Crippen MR) is 113 cm³/mol. The number of thioether (sulfide) groups is 1. The average molecular weight is 415 g/mol. The molecule has 0 saturated carbocycles. The molecule has 0 radical (unpaired) electrons. The second-order valence-corrected chi connectivity index (χ2v) is 9.11. The second-order valence-electron chi connectivity index (χ2n) is 5.98. The van der Waals surface area contributed by atoms with E-state index in [1.165, 1.54) is 9.58 Å². The van der Waals surface area contributed by atoms with Crippen LogP contribution in [-0.2, 0) is 23.6 Å². The van der Waals surface area contributed by atoms with Crippen LogP contribution in [0.2, 0.25) is 0 Å². The molecule has 0 aliphatic heterocycles. The van der Waals surface area contributed by atoms with Crippen molar-refractivity contribution in [1.82, 2.24) is 9.88 Å². The summed E-state index contributed by atoms with van der Waals surface area (Å²) in [6.07, 6.45) is 1.64. The van der Waals surface area contributed by atoms with Crippen LogP contribution in [0.1, 0.15) is 15.6 Å². The van der Waals surface area contributed by atoms with Gasteiger partial charge in [-0.2, -0.15) is 0 Å². The smallest absolute Gasteiger partial charge is 0.233 e. The molecular formula is C20H18N2O2S3. The molecule has 0 saturated heterocycles. The number of benzene rings is 1. The van der Waals surface area contributed by atoms with Crippen LogP contribution < -0.4 is 0 Å². The maximum atomic E-state index is 12.8. The lowest BCUT2D eigenvalue weighted by atomic mass is 10.3. The number of carbonyl (C=O) groups excluding carboxylic acids is 1. The molecule has 0 atom stereocenters. The molecule has 3 aromatic heterocycles. The van der Waals surface area contributed by atoms with Crippen molar-refractivity contribution in [3.63, 3.8) is 0 Å². The minimum Gasteiger partial charge on any atom is -0.467 e. The van der Waals surface area contributed by atoms with E-state index in [4.69, 9.17) is 4.42 Å². The van der Waals surface area contributed by atoms with Crippen molar-refractivity contribution in [2.75, 3.05) is 5.75 Å². The molecular weight excluding hydrogens is 396 g/mol. The molecule has 4 nitrogen and oxygen atoms in total. The Hall–Kier alpha value is -2.09. The third-order valence-electron chi connectivity index (χ3n) is 4.00. The molecule has 3 heterocycles. The van der Waals surface area contributed by atoms with E-state index in [0.29, 0.717) is 18.8 Å². The highest BCUT2D eigenvalue weighted by molar-refractivity contribution is 7.99. The first-order valence-corrected chi connectivity index (χ1v) is 11.4. The molecule has 0 spiro atoms. The molecule has 0 unspecified atom stereocenters. The number of hydrogen-bond donors (Lipinski definition) is 0. The van der Waals surface area contributed by atoms with Crippen molar-refractivity contribution < 1.29 is 9.21 Å². The summed E-state index contributed by atoms with van der Waals surface area (Å²) < 4.78 is 6.63. The van der Waals surface area contributed by atoms with Crippen LogP contribution in [0.15, 0.2) is 64.6 Å². The lowest BCUT2D eigenvalue weighted by molar-refractivity contribution is -0.129. The summed E-state index contributed by atoms with van der Waals surface area (Å²) in [5, 5.41) is 3.09. The Bertz CT molecular complexity index is 924. The highest BCUT2D eigenvalue weighted by atomic mass is 32.2. The summed E-state index contributed by atoms with van der Waals surface area (Å²) in [5.74, 6) is 2.10. The summed E-state index contributed by atoms with van der Waals surface area (Å²) in [4.78, 5) is 20.5. The van der Waals surface area contributed by atoms with Crippen molar-refractivity contribution in [2.45, 2.75) is 18.8 Å². The highest BCUT2D eigenvalue weighted by Gasteiger charge is 2.17. The molecule has 7 heteroatoms. The van der Waals surface area contributed by atoms with Gasteiger partial charge in [-0.25, -0.2) is 4.98 Å². The van der Waals surface area contributed by atoms with E-state index >= 15 is 0 Å². The monoisotopic (exact) mass is 414 g/mol. The second kappa shape index (κ2) is 8.73. The predicted octanol–water partition coefficient (Wildman–Crippen LogP) is 5.41. The van der Waals surface area contributed by atoms with Gasteiger partial charge in [0.1, 0.15) is 10.8 Å². The number of para-hydroxylation sites is 1. The highest BCUT2D eigenvalue weighted by Crippen LogP contribution is 2.25. The Morgan fingerprint density at radius 2 is 2.04 bits per heavy atom. The maximum absolute atomic E-state index is 12.8. The van der Waals surface area contributed by atoms with Crippen molar-refractivity contribution in [3.05, 3.63) is 75.8 Å². The van der Waals surface area contributed by atoms with Crippen LogP contribution >= 0.6 is 34.4 Å². The minimum atomic E-state index is 0.117. The van der Waals surface area contributed by atoms with E-state index < -0.39 is 0 Å². The molecule has 0 N–H and O–H groups in total. The summed E-state index contributed by atoms with van der Waals surface area (Å²) in [5.41, 5.74) is 1.03. The molecule has 0 aliphatic carbocycles. The van der Waals surface area contributed by atoms with Crippen LogP contribution in [0.4, 0.5) is 0 Å². The summed E-state index contributed by atoms with van der Waals surface area (Å²) >= 11 is 4.97. The lowest BCUT2D eigenvalue weighted by Crippen LogP contribution is -2.31. The van der Waals surface area contributed by atoms with Crippen LogP contribution in [0.25, 0.3) is 10.2 Å². The largest absolute Gasteiger partial charge is 0.467 e. The number of thiazole rings is 1. The molecule has 138 valence electrons. The third kappa shape index (κ3) is 4.80. The van der Waals surface area contributed by atoms with Gasteiger partial charge >= 0.3 is 0 Å². The minimum absolute atomic E-state index is 0.117. The number of rotatable bonds is 8. The fourth-order valence-corrected chi connectivity index (χ4v) is 5.38.